The summed E-state index contributed by atoms with van der Waals surface area (Å²) >= 11 is 5.96. The van der Waals surface area contributed by atoms with Gasteiger partial charge in [-0.3, -0.25) is 24.0 Å². The molecule has 0 aliphatic rings. The Morgan fingerprint density at radius 1 is 1.13 bits per heavy atom. The number of nitrogens with one attached hydrogen (secondary N) is 1. The van der Waals surface area contributed by atoms with Gasteiger partial charge in [-0.05, 0) is 30.3 Å². The topological polar surface area (TPSA) is 130 Å². The smallest absolute Gasteiger partial charge is 0.271 e. The fraction of sp³-hybridized carbons (Fsp3) is 0.222. The quantitative estimate of drug-likeness (QED) is 0.504. The molecule has 2 amide bonds. The minimum absolute atomic E-state index is 0.0174. The minimum Gasteiger partial charge on any atom is -0.345 e. The van der Waals surface area contributed by atoms with Crippen molar-refractivity contribution in [2.45, 2.75) is 0 Å². The van der Waals surface area contributed by atoms with Gasteiger partial charge in [-0.25, -0.2) is 8.42 Å². The van der Waals surface area contributed by atoms with E-state index in [9.17, 15) is 28.1 Å². The zero-order chi connectivity index (χ0) is 22.6. The number of anilines is 2. The van der Waals surface area contributed by atoms with Gasteiger partial charge in [-0.15, -0.1) is 0 Å². The van der Waals surface area contributed by atoms with Crippen molar-refractivity contribution in [1.82, 2.24) is 4.90 Å². The standard InChI is InChI=1S/C18H19ClN4O6S/c1-21(2)18(25)12-4-6-13(7-5-12)22(30(3,28)29)11-17(24)20-16-10-14(23(26)27)8-9-15(16)19/h4-10H,11H2,1-3H3,(H,20,24). The molecule has 1 N–H and O–H groups in total. The average molecular weight is 455 g/mol. The zero-order valence-corrected chi connectivity index (χ0v) is 17.9. The number of non-ortho nitro benzene ring substituents is 1. The highest BCUT2D eigenvalue weighted by molar-refractivity contribution is 7.92. The molecule has 0 atom stereocenters. The normalized spacial score (nSPS) is 10.9. The summed E-state index contributed by atoms with van der Waals surface area (Å²) in [6, 6.07) is 9.22. The molecule has 2 aromatic rings. The van der Waals surface area contributed by atoms with Crippen LogP contribution in [0.4, 0.5) is 17.1 Å². The molecule has 0 aromatic heterocycles. The van der Waals surface area contributed by atoms with Gasteiger partial charge in [0.15, 0.2) is 0 Å². The molecular weight excluding hydrogens is 436 g/mol. The average Bonchev–Trinajstić information content (AvgIpc) is 2.66. The fourth-order valence-electron chi connectivity index (χ4n) is 2.47. The number of rotatable bonds is 7. The van der Waals surface area contributed by atoms with Crippen LogP contribution < -0.4 is 9.62 Å². The maximum absolute atomic E-state index is 12.4. The summed E-state index contributed by atoms with van der Waals surface area (Å²) in [4.78, 5) is 36.0. The van der Waals surface area contributed by atoms with E-state index in [-0.39, 0.29) is 28.0 Å². The van der Waals surface area contributed by atoms with E-state index in [2.05, 4.69) is 5.32 Å². The molecule has 0 bridgehead atoms. The van der Waals surface area contributed by atoms with E-state index >= 15 is 0 Å². The van der Waals surface area contributed by atoms with Crippen molar-refractivity contribution in [2.24, 2.45) is 0 Å². The van der Waals surface area contributed by atoms with Crippen LogP contribution in [0.1, 0.15) is 10.4 Å². The summed E-state index contributed by atoms with van der Waals surface area (Å²) < 4.78 is 25.3. The summed E-state index contributed by atoms with van der Waals surface area (Å²) in [5, 5.41) is 13.3. The largest absolute Gasteiger partial charge is 0.345 e. The second kappa shape index (κ2) is 9.09. The first-order valence-corrected chi connectivity index (χ1v) is 10.7. The third-order valence-electron chi connectivity index (χ3n) is 3.93. The molecule has 0 heterocycles. The van der Waals surface area contributed by atoms with Gasteiger partial charge in [0, 0.05) is 31.8 Å². The molecule has 0 unspecified atom stereocenters. The number of hydrogen-bond donors (Lipinski definition) is 1. The number of carbonyl (C=O) groups is 2. The minimum atomic E-state index is -3.85. The molecule has 0 radical (unpaired) electrons. The molecule has 0 saturated heterocycles. The Morgan fingerprint density at radius 3 is 2.23 bits per heavy atom. The summed E-state index contributed by atoms with van der Waals surface area (Å²) in [5.74, 6) is -1.01. The van der Waals surface area contributed by atoms with E-state index < -0.39 is 27.4 Å². The van der Waals surface area contributed by atoms with Crippen LogP contribution in [0.25, 0.3) is 0 Å². The van der Waals surface area contributed by atoms with Crippen molar-refractivity contribution in [2.75, 3.05) is 36.5 Å². The van der Waals surface area contributed by atoms with E-state index in [0.29, 0.717) is 5.56 Å². The van der Waals surface area contributed by atoms with Crippen molar-refractivity contribution < 1.29 is 22.9 Å². The highest BCUT2D eigenvalue weighted by Gasteiger charge is 2.22. The molecule has 30 heavy (non-hydrogen) atoms. The van der Waals surface area contributed by atoms with E-state index in [1.54, 1.807) is 14.1 Å². The van der Waals surface area contributed by atoms with Crippen LogP contribution in [0.2, 0.25) is 5.02 Å². The third-order valence-corrected chi connectivity index (χ3v) is 5.40. The Kier molecular flexibility index (Phi) is 7.00. The molecule has 0 spiro atoms. The van der Waals surface area contributed by atoms with Crippen LogP contribution >= 0.6 is 11.6 Å². The summed E-state index contributed by atoms with van der Waals surface area (Å²) in [6.45, 7) is -0.598. The molecule has 2 rings (SSSR count). The number of hydrogen-bond acceptors (Lipinski definition) is 6. The highest BCUT2D eigenvalue weighted by Crippen LogP contribution is 2.27. The predicted octanol–water partition coefficient (Wildman–Crippen LogP) is 2.35. The van der Waals surface area contributed by atoms with Crippen LogP contribution in [0.3, 0.4) is 0 Å². The van der Waals surface area contributed by atoms with Gasteiger partial charge < -0.3 is 10.2 Å². The van der Waals surface area contributed by atoms with Gasteiger partial charge in [0.25, 0.3) is 11.6 Å². The molecule has 0 aliphatic carbocycles. The Morgan fingerprint density at radius 2 is 1.73 bits per heavy atom. The number of amides is 2. The third kappa shape index (κ3) is 5.67. The number of nitrogens with zero attached hydrogens (tertiary/aromatic N) is 3. The lowest BCUT2D eigenvalue weighted by atomic mass is 10.2. The molecule has 0 aliphatic heterocycles. The maximum Gasteiger partial charge on any atom is 0.271 e. The Hall–Kier alpha value is -3.18. The zero-order valence-electron chi connectivity index (χ0n) is 16.3. The number of benzene rings is 2. The highest BCUT2D eigenvalue weighted by atomic mass is 35.5. The van der Waals surface area contributed by atoms with Gasteiger partial charge in [-0.2, -0.15) is 0 Å². The lowest BCUT2D eigenvalue weighted by Crippen LogP contribution is -2.37. The molecule has 0 saturated carbocycles. The van der Waals surface area contributed by atoms with Crippen LogP contribution in [0.15, 0.2) is 42.5 Å². The number of sulfonamides is 1. The second-order valence-corrected chi connectivity index (χ2v) is 8.80. The van der Waals surface area contributed by atoms with Crippen molar-refractivity contribution in [1.29, 1.82) is 0 Å². The van der Waals surface area contributed by atoms with Crippen LogP contribution in [-0.4, -0.2) is 57.0 Å². The van der Waals surface area contributed by atoms with Gasteiger partial charge in [0.1, 0.15) is 6.54 Å². The van der Waals surface area contributed by atoms with E-state index in [4.69, 9.17) is 11.6 Å². The summed E-state index contributed by atoms with van der Waals surface area (Å²) in [6.07, 6.45) is 0.930. The Bertz CT molecular complexity index is 1090. The van der Waals surface area contributed by atoms with Crippen molar-refractivity contribution in [3.63, 3.8) is 0 Å². The van der Waals surface area contributed by atoms with Crippen molar-refractivity contribution >= 4 is 50.5 Å². The molecule has 160 valence electrons. The van der Waals surface area contributed by atoms with Crippen molar-refractivity contribution in [3.8, 4) is 0 Å². The lowest BCUT2D eigenvalue weighted by Gasteiger charge is -2.22. The molecule has 0 fully saturated rings. The van der Waals surface area contributed by atoms with Crippen molar-refractivity contribution in [3.05, 3.63) is 63.2 Å². The lowest BCUT2D eigenvalue weighted by molar-refractivity contribution is -0.384. The van der Waals surface area contributed by atoms with E-state index in [0.717, 1.165) is 16.6 Å². The Balaban J connectivity index is 2.26. The predicted molar refractivity (Wildman–Crippen MR) is 113 cm³/mol. The number of carbonyl (C=O) groups excluding carboxylic acids is 2. The maximum atomic E-state index is 12.4. The molecule has 2 aromatic carbocycles. The van der Waals surface area contributed by atoms with Gasteiger partial charge in [-0.1, -0.05) is 11.6 Å². The molecule has 12 heteroatoms. The Labute approximate surface area is 178 Å². The van der Waals surface area contributed by atoms with Crippen LogP contribution in [0, 0.1) is 10.1 Å². The van der Waals surface area contributed by atoms with Crippen LogP contribution in [0.5, 0.6) is 0 Å². The van der Waals surface area contributed by atoms with Gasteiger partial charge in [0.2, 0.25) is 15.9 Å². The fourth-order valence-corrected chi connectivity index (χ4v) is 3.49. The SMILES string of the molecule is CN(C)C(=O)c1ccc(N(CC(=O)Nc2cc([N+](=O)[O-])ccc2Cl)S(C)(=O)=O)cc1. The number of nitro benzene ring substituents is 1. The first kappa shape index (κ1) is 23.1. The van der Waals surface area contributed by atoms with E-state index in [1.807, 2.05) is 0 Å². The summed E-state index contributed by atoms with van der Waals surface area (Å²) in [5.41, 5.74) is 0.227. The first-order valence-electron chi connectivity index (χ1n) is 8.43. The van der Waals surface area contributed by atoms with E-state index in [1.165, 1.54) is 41.3 Å². The monoisotopic (exact) mass is 454 g/mol. The summed E-state index contributed by atoms with van der Waals surface area (Å²) in [7, 11) is -0.679. The molecular formula is C18H19ClN4O6S. The second-order valence-electron chi connectivity index (χ2n) is 6.49. The van der Waals surface area contributed by atoms with Crippen LogP contribution in [-0.2, 0) is 14.8 Å². The first-order chi connectivity index (χ1) is 13.9. The molecule has 10 nitrogen and oxygen atoms in total. The number of halogens is 1. The van der Waals surface area contributed by atoms with Gasteiger partial charge in [0.05, 0.1) is 27.6 Å². The van der Waals surface area contributed by atoms with Gasteiger partial charge >= 0.3 is 0 Å². The number of nitro groups is 1.